The molecule has 0 bridgehead atoms. The first-order valence-corrected chi connectivity index (χ1v) is 6.20. The van der Waals surface area contributed by atoms with Crippen LogP contribution in [0, 0.1) is 5.82 Å². The van der Waals surface area contributed by atoms with E-state index in [-0.39, 0.29) is 22.0 Å². The summed E-state index contributed by atoms with van der Waals surface area (Å²) in [4.78, 5) is 27.5. The van der Waals surface area contributed by atoms with E-state index in [4.69, 9.17) is 11.6 Å². The number of hydrogen-bond acceptors (Lipinski definition) is 4. The molecule has 0 fully saturated rings. The molecule has 1 amide bonds. The fourth-order valence-corrected chi connectivity index (χ4v) is 1.86. The highest BCUT2D eigenvalue weighted by molar-refractivity contribution is 6.33. The maximum atomic E-state index is 13.3. The Labute approximate surface area is 124 Å². The minimum absolute atomic E-state index is 0.00558. The number of rotatable bonds is 3. The van der Waals surface area contributed by atoms with Gasteiger partial charge in [-0.2, -0.15) is 0 Å². The van der Waals surface area contributed by atoms with Crippen molar-refractivity contribution >= 4 is 29.2 Å². The number of hydrogen-bond donors (Lipinski definition) is 1. The van der Waals surface area contributed by atoms with Crippen LogP contribution in [0.25, 0.3) is 0 Å². The number of carbonyl (C=O) groups excluding carboxylic acids is 2. The van der Waals surface area contributed by atoms with E-state index in [0.29, 0.717) is 0 Å². The molecule has 0 saturated carbocycles. The number of nitrogens with one attached hydrogen (secondary N) is 1. The molecule has 108 valence electrons. The van der Waals surface area contributed by atoms with Gasteiger partial charge in [0.15, 0.2) is 0 Å². The molecule has 2 rings (SSSR count). The van der Waals surface area contributed by atoms with E-state index in [9.17, 15) is 14.0 Å². The summed E-state index contributed by atoms with van der Waals surface area (Å²) in [6.07, 6.45) is 1.43. The first-order chi connectivity index (χ1) is 10.0. The third-order valence-electron chi connectivity index (χ3n) is 2.64. The summed E-state index contributed by atoms with van der Waals surface area (Å²) < 4.78 is 17.9. The Kier molecular flexibility index (Phi) is 4.49. The lowest BCUT2D eigenvalue weighted by atomic mass is 10.1. The van der Waals surface area contributed by atoms with E-state index in [2.05, 4.69) is 15.0 Å². The molecule has 1 aromatic heterocycles. The summed E-state index contributed by atoms with van der Waals surface area (Å²) in [5, 5.41) is 2.43. The number of anilines is 1. The van der Waals surface area contributed by atoms with E-state index in [1.165, 1.54) is 31.5 Å². The predicted molar refractivity (Wildman–Crippen MR) is 74.9 cm³/mol. The van der Waals surface area contributed by atoms with Gasteiger partial charge >= 0.3 is 5.97 Å². The molecule has 2 aromatic rings. The quantitative estimate of drug-likeness (QED) is 0.699. The van der Waals surface area contributed by atoms with Crippen LogP contribution in [0.15, 0.2) is 36.5 Å². The van der Waals surface area contributed by atoms with Crippen molar-refractivity contribution in [1.29, 1.82) is 0 Å². The average Bonchev–Trinajstić information content (AvgIpc) is 2.47. The van der Waals surface area contributed by atoms with Crippen LogP contribution in [0.5, 0.6) is 0 Å². The fourth-order valence-electron chi connectivity index (χ4n) is 1.65. The van der Waals surface area contributed by atoms with Crippen LogP contribution in [0.2, 0.25) is 5.15 Å². The smallest absolute Gasteiger partial charge is 0.339 e. The lowest BCUT2D eigenvalue weighted by Crippen LogP contribution is -2.16. The number of ether oxygens (including phenoxy) is 1. The zero-order valence-electron chi connectivity index (χ0n) is 10.9. The molecule has 1 N–H and O–H groups in total. The van der Waals surface area contributed by atoms with Crippen LogP contribution in [0.1, 0.15) is 20.7 Å². The van der Waals surface area contributed by atoms with Gasteiger partial charge in [0.05, 0.1) is 23.9 Å². The topological polar surface area (TPSA) is 68.3 Å². The van der Waals surface area contributed by atoms with Crippen molar-refractivity contribution in [2.24, 2.45) is 0 Å². The van der Waals surface area contributed by atoms with Crippen molar-refractivity contribution in [3.05, 3.63) is 58.6 Å². The Morgan fingerprint density at radius 1 is 1.29 bits per heavy atom. The maximum Gasteiger partial charge on any atom is 0.339 e. The van der Waals surface area contributed by atoms with Crippen molar-refractivity contribution < 1.29 is 18.7 Å². The van der Waals surface area contributed by atoms with Gasteiger partial charge < -0.3 is 10.1 Å². The SMILES string of the molecule is COC(=O)c1ccc(F)cc1NC(=O)c1cccnc1Cl. The third kappa shape index (κ3) is 3.35. The van der Waals surface area contributed by atoms with Crippen molar-refractivity contribution in [2.75, 3.05) is 12.4 Å². The van der Waals surface area contributed by atoms with E-state index in [0.717, 1.165) is 12.1 Å². The summed E-state index contributed by atoms with van der Waals surface area (Å²) in [7, 11) is 1.19. The van der Waals surface area contributed by atoms with Crippen molar-refractivity contribution in [1.82, 2.24) is 4.98 Å². The highest BCUT2D eigenvalue weighted by atomic mass is 35.5. The van der Waals surface area contributed by atoms with Gasteiger partial charge in [0.1, 0.15) is 11.0 Å². The molecule has 0 aliphatic rings. The monoisotopic (exact) mass is 308 g/mol. The van der Waals surface area contributed by atoms with Crippen molar-refractivity contribution in [3.8, 4) is 0 Å². The number of esters is 1. The molecular formula is C14H10ClFN2O3. The van der Waals surface area contributed by atoms with Gasteiger partial charge in [0, 0.05) is 6.20 Å². The lowest BCUT2D eigenvalue weighted by molar-refractivity contribution is 0.0602. The summed E-state index contributed by atoms with van der Waals surface area (Å²) in [5.41, 5.74) is 0.137. The molecule has 0 atom stereocenters. The van der Waals surface area contributed by atoms with Crippen LogP contribution in [-0.2, 0) is 4.74 Å². The normalized spacial score (nSPS) is 10.0. The molecule has 1 heterocycles. The number of methoxy groups -OCH3 is 1. The highest BCUT2D eigenvalue weighted by Crippen LogP contribution is 2.20. The number of benzene rings is 1. The van der Waals surface area contributed by atoms with Gasteiger partial charge in [-0.3, -0.25) is 4.79 Å². The molecule has 0 radical (unpaired) electrons. The molecule has 7 heteroatoms. The second-order valence-corrected chi connectivity index (χ2v) is 4.34. The van der Waals surface area contributed by atoms with Crippen LogP contribution in [0.4, 0.5) is 10.1 Å². The van der Waals surface area contributed by atoms with Crippen molar-refractivity contribution in [3.63, 3.8) is 0 Å². The third-order valence-corrected chi connectivity index (χ3v) is 2.94. The number of pyridine rings is 1. The molecule has 0 spiro atoms. The highest BCUT2D eigenvalue weighted by Gasteiger charge is 2.17. The summed E-state index contributed by atoms with van der Waals surface area (Å²) in [6.45, 7) is 0. The molecule has 0 aliphatic heterocycles. The van der Waals surface area contributed by atoms with E-state index >= 15 is 0 Å². The minimum atomic E-state index is -0.692. The molecule has 0 unspecified atom stereocenters. The van der Waals surface area contributed by atoms with E-state index in [1.807, 2.05) is 0 Å². The number of amides is 1. The maximum absolute atomic E-state index is 13.3. The molecule has 0 aliphatic carbocycles. The molecule has 0 saturated heterocycles. The predicted octanol–water partition coefficient (Wildman–Crippen LogP) is 2.91. The number of carbonyl (C=O) groups is 2. The Morgan fingerprint density at radius 2 is 2.05 bits per heavy atom. The second-order valence-electron chi connectivity index (χ2n) is 3.98. The Bertz CT molecular complexity index is 706. The van der Waals surface area contributed by atoms with Gasteiger partial charge in [-0.25, -0.2) is 14.2 Å². The van der Waals surface area contributed by atoms with Crippen molar-refractivity contribution in [2.45, 2.75) is 0 Å². The second kappa shape index (κ2) is 6.32. The summed E-state index contributed by atoms with van der Waals surface area (Å²) in [5.74, 6) is -1.90. The van der Waals surface area contributed by atoms with Crippen LogP contribution >= 0.6 is 11.6 Å². The Morgan fingerprint density at radius 3 is 2.71 bits per heavy atom. The molecule has 5 nitrogen and oxygen atoms in total. The molecule has 1 aromatic carbocycles. The fraction of sp³-hybridized carbons (Fsp3) is 0.0714. The van der Waals surface area contributed by atoms with Crippen LogP contribution < -0.4 is 5.32 Å². The first-order valence-electron chi connectivity index (χ1n) is 5.82. The first kappa shape index (κ1) is 14.9. The zero-order valence-corrected chi connectivity index (χ0v) is 11.6. The molecule has 21 heavy (non-hydrogen) atoms. The Hall–Kier alpha value is -2.47. The van der Waals surface area contributed by atoms with Gasteiger partial charge in [-0.15, -0.1) is 0 Å². The average molecular weight is 309 g/mol. The number of nitrogens with zero attached hydrogens (tertiary/aromatic N) is 1. The molecular weight excluding hydrogens is 299 g/mol. The summed E-state index contributed by atoms with van der Waals surface area (Å²) in [6, 6.07) is 6.34. The van der Waals surface area contributed by atoms with Gasteiger partial charge in [0.25, 0.3) is 5.91 Å². The van der Waals surface area contributed by atoms with Crippen LogP contribution in [0.3, 0.4) is 0 Å². The van der Waals surface area contributed by atoms with E-state index < -0.39 is 17.7 Å². The zero-order chi connectivity index (χ0) is 15.4. The van der Waals surface area contributed by atoms with E-state index in [1.54, 1.807) is 0 Å². The lowest BCUT2D eigenvalue weighted by Gasteiger charge is -2.10. The van der Waals surface area contributed by atoms with Gasteiger partial charge in [-0.05, 0) is 30.3 Å². The standard InChI is InChI=1S/C14H10ClFN2O3/c1-21-14(20)9-5-4-8(16)7-11(9)18-13(19)10-3-2-6-17-12(10)15/h2-7H,1H3,(H,18,19). The summed E-state index contributed by atoms with van der Waals surface area (Å²) >= 11 is 5.81. The number of halogens is 2. The number of aromatic nitrogens is 1. The largest absolute Gasteiger partial charge is 0.465 e. The minimum Gasteiger partial charge on any atom is -0.465 e. The van der Waals surface area contributed by atoms with Gasteiger partial charge in [0.2, 0.25) is 0 Å². The van der Waals surface area contributed by atoms with Gasteiger partial charge in [-0.1, -0.05) is 11.6 Å². The Balaban J connectivity index is 2.35. The van der Waals surface area contributed by atoms with Crippen LogP contribution in [-0.4, -0.2) is 24.0 Å².